The van der Waals surface area contributed by atoms with Crippen LogP contribution in [-0.4, -0.2) is 25.7 Å². The number of halogens is 1. The molecule has 7 nitrogen and oxygen atoms in total. The van der Waals surface area contributed by atoms with E-state index in [9.17, 15) is 14.0 Å². The average Bonchev–Trinajstić information content (AvgIpc) is 3.39. The van der Waals surface area contributed by atoms with Crippen molar-refractivity contribution >= 4 is 39.3 Å². The van der Waals surface area contributed by atoms with Gasteiger partial charge in [-0.1, -0.05) is 30.0 Å². The third-order valence-electron chi connectivity index (χ3n) is 5.76. The molecule has 0 saturated heterocycles. The van der Waals surface area contributed by atoms with Gasteiger partial charge in [-0.15, -0.1) is 0 Å². The van der Waals surface area contributed by atoms with Gasteiger partial charge in [0.15, 0.2) is 0 Å². The molecule has 9 heteroatoms. The summed E-state index contributed by atoms with van der Waals surface area (Å²) in [5, 5.41) is 11.6. The van der Waals surface area contributed by atoms with Crippen molar-refractivity contribution in [3.05, 3.63) is 88.0 Å². The van der Waals surface area contributed by atoms with Crippen LogP contribution < -0.4 is 10.9 Å². The minimum atomic E-state index is -0.368. The molecule has 0 aliphatic rings. The number of carbonyl (C=O) groups excluding carboxylic acids is 1. The van der Waals surface area contributed by atoms with Gasteiger partial charge in [0, 0.05) is 46.0 Å². The van der Waals surface area contributed by atoms with E-state index in [0.717, 1.165) is 26.4 Å². The smallest absolute Gasteiger partial charge is 0.268 e. The number of nitrogens with zero attached hydrogens (tertiary/aromatic N) is 2. The molecule has 0 aliphatic carbocycles. The Hall–Kier alpha value is -3.85. The van der Waals surface area contributed by atoms with Crippen LogP contribution in [0.25, 0.3) is 21.7 Å². The van der Waals surface area contributed by atoms with Gasteiger partial charge in [-0.25, -0.2) is 4.39 Å². The Balaban J connectivity index is 1.38. The van der Waals surface area contributed by atoms with Crippen LogP contribution in [0.1, 0.15) is 21.7 Å². The third kappa shape index (κ3) is 3.80. The van der Waals surface area contributed by atoms with E-state index in [0.29, 0.717) is 22.0 Å². The number of carbonyl (C=O) groups is 1. The molecule has 0 unspecified atom stereocenters. The summed E-state index contributed by atoms with van der Waals surface area (Å²) in [4.78, 5) is 29.3. The van der Waals surface area contributed by atoms with Crippen molar-refractivity contribution in [1.82, 2.24) is 25.1 Å². The highest BCUT2D eigenvalue weighted by Gasteiger charge is 2.17. The first kappa shape index (κ1) is 21.0. The standard InChI is InChI=1S/C24H20FN5O2S/c1-13-21(33-16-7-14-12-28-29-22(14)19(25)8-16)9-20(30(13)2)24(32)27-11-15-10-26-23(31)18-6-4-3-5-17(15)18/h3-10,12H,11H2,1-2H3,(H,26,31)(H,27,32)(H,28,29). The highest BCUT2D eigenvalue weighted by molar-refractivity contribution is 7.99. The van der Waals surface area contributed by atoms with Crippen LogP contribution in [0.5, 0.6) is 0 Å². The minimum absolute atomic E-state index is 0.162. The summed E-state index contributed by atoms with van der Waals surface area (Å²) in [7, 11) is 1.82. The summed E-state index contributed by atoms with van der Waals surface area (Å²) in [6, 6.07) is 12.4. The molecule has 1 amide bonds. The highest BCUT2D eigenvalue weighted by atomic mass is 32.2. The summed E-state index contributed by atoms with van der Waals surface area (Å²) in [5.74, 6) is -0.605. The molecule has 0 radical (unpaired) electrons. The van der Waals surface area contributed by atoms with Gasteiger partial charge in [0.25, 0.3) is 11.5 Å². The zero-order valence-electron chi connectivity index (χ0n) is 17.9. The lowest BCUT2D eigenvalue weighted by atomic mass is 10.1. The van der Waals surface area contributed by atoms with E-state index >= 15 is 0 Å². The Morgan fingerprint density at radius 3 is 2.82 bits per heavy atom. The molecule has 0 aliphatic heterocycles. The SMILES string of the molecule is Cc1c(Sc2cc(F)c3[nH]ncc3c2)cc(C(=O)NCc2c[nH]c(=O)c3ccccc23)n1C. The first-order valence-electron chi connectivity index (χ1n) is 10.3. The molecular formula is C24H20FN5O2S. The molecule has 0 spiro atoms. The Morgan fingerprint density at radius 1 is 1.21 bits per heavy atom. The molecule has 3 heterocycles. The number of hydrogen-bond donors (Lipinski definition) is 3. The maximum absolute atomic E-state index is 14.3. The molecule has 5 rings (SSSR count). The maximum atomic E-state index is 14.3. The number of aromatic nitrogens is 4. The Bertz CT molecular complexity index is 1580. The molecular weight excluding hydrogens is 441 g/mol. The van der Waals surface area contributed by atoms with Crippen molar-refractivity contribution in [3.63, 3.8) is 0 Å². The normalized spacial score (nSPS) is 11.4. The number of H-pyrrole nitrogens is 2. The van der Waals surface area contributed by atoms with Gasteiger partial charge in [0.1, 0.15) is 17.0 Å². The van der Waals surface area contributed by atoms with Crippen molar-refractivity contribution < 1.29 is 9.18 Å². The van der Waals surface area contributed by atoms with Crippen LogP contribution in [-0.2, 0) is 13.6 Å². The molecule has 3 aromatic heterocycles. The number of benzene rings is 2. The van der Waals surface area contributed by atoms with Gasteiger partial charge < -0.3 is 14.9 Å². The summed E-state index contributed by atoms with van der Waals surface area (Å²) in [6.45, 7) is 2.19. The number of nitrogens with one attached hydrogen (secondary N) is 3. The van der Waals surface area contributed by atoms with E-state index in [1.54, 1.807) is 24.5 Å². The van der Waals surface area contributed by atoms with Crippen molar-refractivity contribution in [1.29, 1.82) is 0 Å². The first-order valence-corrected chi connectivity index (χ1v) is 11.1. The van der Waals surface area contributed by atoms with Crippen LogP contribution in [0.4, 0.5) is 4.39 Å². The molecule has 166 valence electrons. The van der Waals surface area contributed by atoms with E-state index in [4.69, 9.17) is 0 Å². The predicted molar refractivity (Wildman–Crippen MR) is 126 cm³/mol. The first-order chi connectivity index (χ1) is 15.9. The monoisotopic (exact) mass is 461 g/mol. The largest absolute Gasteiger partial charge is 0.347 e. The predicted octanol–water partition coefficient (Wildman–Crippen LogP) is 4.27. The molecule has 0 saturated carbocycles. The lowest BCUT2D eigenvalue weighted by molar-refractivity contribution is 0.0942. The molecule has 0 bridgehead atoms. The van der Waals surface area contributed by atoms with Gasteiger partial charge >= 0.3 is 0 Å². The number of hydrogen-bond acceptors (Lipinski definition) is 4. The molecule has 0 atom stereocenters. The number of amides is 1. The van der Waals surface area contributed by atoms with E-state index in [-0.39, 0.29) is 23.8 Å². The number of fused-ring (bicyclic) bond motifs is 2. The lowest BCUT2D eigenvalue weighted by Crippen LogP contribution is -2.25. The van der Waals surface area contributed by atoms with E-state index in [2.05, 4.69) is 20.5 Å². The van der Waals surface area contributed by atoms with Crippen molar-refractivity contribution in [2.45, 2.75) is 23.3 Å². The van der Waals surface area contributed by atoms with E-state index < -0.39 is 0 Å². The number of rotatable bonds is 5. The number of aromatic amines is 2. The Morgan fingerprint density at radius 2 is 2.00 bits per heavy atom. The molecule has 33 heavy (non-hydrogen) atoms. The van der Waals surface area contributed by atoms with Crippen LogP contribution in [0.15, 0.2) is 69.4 Å². The zero-order chi connectivity index (χ0) is 23.1. The summed E-state index contributed by atoms with van der Waals surface area (Å²) >= 11 is 1.39. The summed E-state index contributed by atoms with van der Waals surface area (Å²) in [6.07, 6.45) is 3.21. The van der Waals surface area contributed by atoms with Crippen molar-refractivity contribution in [2.24, 2.45) is 7.05 Å². The molecule has 2 aromatic carbocycles. The second-order valence-electron chi connectivity index (χ2n) is 7.75. The van der Waals surface area contributed by atoms with Crippen LogP contribution in [0.2, 0.25) is 0 Å². The summed E-state index contributed by atoms with van der Waals surface area (Å²) in [5.41, 5.74) is 2.42. The fourth-order valence-electron chi connectivity index (χ4n) is 3.85. The highest BCUT2D eigenvalue weighted by Crippen LogP contribution is 2.34. The third-order valence-corrected chi connectivity index (χ3v) is 6.86. The Kier molecular flexibility index (Phi) is 5.26. The maximum Gasteiger partial charge on any atom is 0.268 e. The van der Waals surface area contributed by atoms with Gasteiger partial charge in [-0.3, -0.25) is 14.7 Å². The molecule has 3 N–H and O–H groups in total. The van der Waals surface area contributed by atoms with Gasteiger partial charge in [-0.05, 0) is 42.1 Å². The van der Waals surface area contributed by atoms with Crippen molar-refractivity contribution in [3.8, 4) is 0 Å². The van der Waals surface area contributed by atoms with Gasteiger partial charge in [0.2, 0.25) is 0 Å². The quantitative estimate of drug-likeness (QED) is 0.364. The van der Waals surface area contributed by atoms with Crippen molar-refractivity contribution in [2.75, 3.05) is 0 Å². The number of pyridine rings is 1. The fourth-order valence-corrected chi connectivity index (χ4v) is 4.91. The van der Waals surface area contributed by atoms with E-state index in [1.807, 2.05) is 42.8 Å². The molecule has 0 fully saturated rings. The van der Waals surface area contributed by atoms with Crippen LogP contribution in [0, 0.1) is 12.7 Å². The topological polar surface area (TPSA) is 95.6 Å². The summed E-state index contributed by atoms with van der Waals surface area (Å²) < 4.78 is 16.1. The lowest BCUT2D eigenvalue weighted by Gasteiger charge is -2.09. The Labute approximate surface area is 192 Å². The minimum Gasteiger partial charge on any atom is -0.347 e. The van der Waals surface area contributed by atoms with E-state index in [1.165, 1.54) is 17.8 Å². The fraction of sp³-hybridized carbons (Fsp3) is 0.125. The van der Waals surface area contributed by atoms with Gasteiger partial charge in [0.05, 0.1) is 6.20 Å². The second-order valence-corrected chi connectivity index (χ2v) is 8.87. The molecule has 5 aromatic rings. The zero-order valence-corrected chi connectivity index (χ0v) is 18.7. The van der Waals surface area contributed by atoms with Crippen LogP contribution in [0.3, 0.4) is 0 Å². The van der Waals surface area contributed by atoms with Crippen LogP contribution >= 0.6 is 11.8 Å². The second kappa shape index (κ2) is 8.25. The van der Waals surface area contributed by atoms with Gasteiger partial charge in [-0.2, -0.15) is 5.10 Å². The average molecular weight is 462 g/mol.